The molecule has 114 valence electrons. The van der Waals surface area contributed by atoms with Crippen molar-refractivity contribution in [3.63, 3.8) is 0 Å². The highest BCUT2D eigenvalue weighted by atomic mass is 35.5. The van der Waals surface area contributed by atoms with Crippen molar-refractivity contribution in [3.8, 4) is 0 Å². The molecule has 1 atom stereocenters. The third-order valence-corrected chi connectivity index (χ3v) is 4.77. The lowest BCUT2D eigenvalue weighted by molar-refractivity contribution is -0.123. The van der Waals surface area contributed by atoms with Crippen molar-refractivity contribution in [1.29, 1.82) is 0 Å². The molecule has 0 spiro atoms. The molecule has 6 heteroatoms. The van der Waals surface area contributed by atoms with Gasteiger partial charge in [-0.15, -0.1) is 23.7 Å². The Morgan fingerprint density at radius 3 is 2.75 bits per heavy atom. The molecule has 1 aromatic heterocycles. The van der Waals surface area contributed by atoms with Gasteiger partial charge >= 0.3 is 0 Å². The van der Waals surface area contributed by atoms with E-state index in [1.807, 2.05) is 25.4 Å². The number of carbonyl (C=O) groups is 1. The van der Waals surface area contributed by atoms with Gasteiger partial charge in [0.15, 0.2) is 0 Å². The fourth-order valence-corrected chi connectivity index (χ4v) is 3.21. The van der Waals surface area contributed by atoms with Crippen LogP contribution in [0.1, 0.15) is 30.7 Å². The van der Waals surface area contributed by atoms with Gasteiger partial charge in [0, 0.05) is 24.0 Å². The van der Waals surface area contributed by atoms with Crippen LogP contribution in [0.3, 0.4) is 0 Å². The lowest BCUT2D eigenvalue weighted by atomic mass is 10.1. The number of halogens is 1. The van der Waals surface area contributed by atoms with E-state index in [9.17, 15) is 4.79 Å². The van der Waals surface area contributed by atoms with Gasteiger partial charge in [0.1, 0.15) is 0 Å². The standard InChI is InChI=1S/C14H23N3OS.ClH/c1-11(13-4-3-9-19-13)16-14(18)10-17-7-5-12(15-2)6-8-17;/h3-4,9,11-12,15H,5-8,10H2,1-2H3,(H,16,18);1H. The summed E-state index contributed by atoms with van der Waals surface area (Å²) in [4.78, 5) is 15.5. The van der Waals surface area contributed by atoms with Crippen LogP contribution in [0.15, 0.2) is 17.5 Å². The second kappa shape index (κ2) is 8.62. The minimum atomic E-state index is 0. The largest absolute Gasteiger partial charge is 0.348 e. The highest BCUT2D eigenvalue weighted by Crippen LogP contribution is 2.18. The minimum Gasteiger partial charge on any atom is -0.348 e. The molecule has 1 aliphatic rings. The van der Waals surface area contributed by atoms with Gasteiger partial charge in [-0.1, -0.05) is 6.07 Å². The lowest BCUT2D eigenvalue weighted by Gasteiger charge is -2.31. The Morgan fingerprint density at radius 1 is 1.50 bits per heavy atom. The molecule has 20 heavy (non-hydrogen) atoms. The predicted molar refractivity (Wildman–Crippen MR) is 86.6 cm³/mol. The third-order valence-electron chi connectivity index (χ3n) is 3.71. The number of likely N-dealkylation sites (tertiary alicyclic amines) is 1. The van der Waals surface area contributed by atoms with Crippen molar-refractivity contribution in [2.24, 2.45) is 0 Å². The van der Waals surface area contributed by atoms with Gasteiger partial charge in [-0.25, -0.2) is 0 Å². The van der Waals surface area contributed by atoms with E-state index in [0.29, 0.717) is 12.6 Å². The zero-order chi connectivity index (χ0) is 13.7. The molecule has 1 saturated heterocycles. The Kier molecular flexibility index (Phi) is 7.51. The van der Waals surface area contributed by atoms with Gasteiger partial charge in [0.25, 0.3) is 0 Å². The molecule has 0 bridgehead atoms. The number of nitrogens with one attached hydrogen (secondary N) is 2. The summed E-state index contributed by atoms with van der Waals surface area (Å²) in [5.74, 6) is 0.129. The first-order valence-corrected chi connectivity index (χ1v) is 7.79. The van der Waals surface area contributed by atoms with E-state index < -0.39 is 0 Å². The minimum absolute atomic E-state index is 0. The molecule has 1 unspecified atom stereocenters. The molecule has 0 aliphatic carbocycles. The summed E-state index contributed by atoms with van der Waals surface area (Å²) < 4.78 is 0. The van der Waals surface area contributed by atoms with Crippen LogP contribution >= 0.6 is 23.7 Å². The Labute approximate surface area is 131 Å². The topological polar surface area (TPSA) is 44.4 Å². The van der Waals surface area contributed by atoms with Gasteiger partial charge < -0.3 is 10.6 Å². The Balaban J connectivity index is 0.00000200. The van der Waals surface area contributed by atoms with E-state index in [4.69, 9.17) is 0 Å². The number of thiophene rings is 1. The van der Waals surface area contributed by atoms with E-state index in [0.717, 1.165) is 25.9 Å². The lowest BCUT2D eigenvalue weighted by Crippen LogP contribution is -2.45. The Bertz CT molecular complexity index is 391. The third kappa shape index (κ3) is 5.05. The number of carbonyl (C=O) groups excluding carboxylic acids is 1. The average Bonchev–Trinajstić information content (AvgIpc) is 2.93. The van der Waals surface area contributed by atoms with Crippen molar-refractivity contribution in [2.75, 3.05) is 26.7 Å². The van der Waals surface area contributed by atoms with Crippen LogP contribution < -0.4 is 10.6 Å². The van der Waals surface area contributed by atoms with E-state index in [-0.39, 0.29) is 24.4 Å². The van der Waals surface area contributed by atoms with Crippen molar-refractivity contribution in [1.82, 2.24) is 15.5 Å². The van der Waals surface area contributed by atoms with Gasteiger partial charge in [-0.05, 0) is 38.3 Å². The normalized spacial score (nSPS) is 18.3. The van der Waals surface area contributed by atoms with Crippen molar-refractivity contribution >= 4 is 29.7 Å². The van der Waals surface area contributed by atoms with Crippen molar-refractivity contribution < 1.29 is 4.79 Å². The van der Waals surface area contributed by atoms with E-state index >= 15 is 0 Å². The first-order chi connectivity index (χ1) is 9.19. The monoisotopic (exact) mass is 317 g/mol. The maximum absolute atomic E-state index is 12.0. The maximum Gasteiger partial charge on any atom is 0.234 e. The van der Waals surface area contributed by atoms with Crippen LogP contribution in [0.4, 0.5) is 0 Å². The van der Waals surface area contributed by atoms with Crippen LogP contribution in [0.5, 0.6) is 0 Å². The maximum atomic E-state index is 12.0. The fourth-order valence-electron chi connectivity index (χ4n) is 2.48. The van der Waals surface area contributed by atoms with E-state index in [2.05, 4.69) is 21.6 Å². The van der Waals surface area contributed by atoms with Gasteiger partial charge in [0.2, 0.25) is 5.91 Å². The second-order valence-corrected chi connectivity index (χ2v) is 6.12. The molecule has 1 aliphatic heterocycles. The SMILES string of the molecule is CNC1CCN(CC(=O)NC(C)c2cccs2)CC1.Cl. The van der Waals surface area contributed by atoms with Crippen LogP contribution in [-0.4, -0.2) is 43.5 Å². The molecule has 0 aromatic carbocycles. The van der Waals surface area contributed by atoms with Crippen molar-refractivity contribution in [2.45, 2.75) is 31.8 Å². The molecule has 1 amide bonds. The molecule has 1 fully saturated rings. The Hall–Kier alpha value is -0.620. The Morgan fingerprint density at radius 2 is 2.20 bits per heavy atom. The van der Waals surface area contributed by atoms with Crippen LogP contribution in [0.25, 0.3) is 0 Å². The summed E-state index contributed by atoms with van der Waals surface area (Å²) in [6.07, 6.45) is 2.26. The highest BCUT2D eigenvalue weighted by Gasteiger charge is 2.20. The summed E-state index contributed by atoms with van der Waals surface area (Å²) in [6, 6.07) is 4.81. The van der Waals surface area contributed by atoms with Crippen molar-refractivity contribution in [3.05, 3.63) is 22.4 Å². The number of hydrogen-bond acceptors (Lipinski definition) is 4. The van der Waals surface area contributed by atoms with Crippen LogP contribution in [0.2, 0.25) is 0 Å². The molecule has 0 saturated carbocycles. The molecule has 2 heterocycles. The summed E-state index contributed by atoms with van der Waals surface area (Å²) in [5.41, 5.74) is 0. The zero-order valence-corrected chi connectivity index (χ0v) is 13.7. The smallest absolute Gasteiger partial charge is 0.234 e. The van der Waals surface area contributed by atoms with Gasteiger partial charge in [0.05, 0.1) is 12.6 Å². The highest BCUT2D eigenvalue weighted by molar-refractivity contribution is 7.10. The average molecular weight is 318 g/mol. The number of amides is 1. The first-order valence-electron chi connectivity index (χ1n) is 6.91. The zero-order valence-electron chi connectivity index (χ0n) is 12.1. The molecule has 2 rings (SSSR count). The second-order valence-electron chi connectivity index (χ2n) is 5.14. The quantitative estimate of drug-likeness (QED) is 0.873. The number of nitrogens with zero attached hydrogens (tertiary/aromatic N) is 1. The number of hydrogen-bond donors (Lipinski definition) is 2. The summed E-state index contributed by atoms with van der Waals surface area (Å²) >= 11 is 1.69. The molecular formula is C14H24ClN3OS. The summed E-state index contributed by atoms with van der Waals surface area (Å²) in [5, 5.41) is 8.41. The van der Waals surface area contributed by atoms with E-state index in [1.165, 1.54) is 4.88 Å². The summed E-state index contributed by atoms with van der Waals surface area (Å²) in [7, 11) is 2.01. The molecule has 1 aromatic rings. The summed E-state index contributed by atoms with van der Waals surface area (Å²) in [6.45, 7) is 4.57. The number of piperidine rings is 1. The number of rotatable bonds is 5. The van der Waals surface area contributed by atoms with E-state index in [1.54, 1.807) is 11.3 Å². The molecule has 2 N–H and O–H groups in total. The first kappa shape index (κ1) is 17.4. The fraction of sp³-hybridized carbons (Fsp3) is 0.643. The van der Waals surface area contributed by atoms with Crippen LogP contribution in [0, 0.1) is 0 Å². The predicted octanol–water partition coefficient (Wildman–Crippen LogP) is 2.03. The van der Waals surface area contributed by atoms with Crippen LogP contribution in [-0.2, 0) is 4.79 Å². The van der Waals surface area contributed by atoms with Gasteiger partial charge in [-0.2, -0.15) is 0 Å². The molecular weight excluding hydrogens is 294 g/mol. The molecule has 4 nitrogen and oxygen atoms in total. The molecule has 0 radical (unpaired) electrons. The van der Waals surface area contributed by atoms with Gasteiger partial charge in [-0.3, -0.25) is 9.69 Å².